The quantitative estimate of drug-likeness (QED) is 0.499. The van der Waals surface area contributed by atoms with Crippen molar-refractivity contribution in [1.82, 2.24) is 4.90 Å². The Morgan fingerprint density at radius 2 is 1.79 bits per heavy atom. The van der Waals surface area contributed by atoms with Crippen LogP contribution in [0.4, 0.5) is 0 Å². The van der Waals surface area contributed by atoms with E-state index in [2.05, 4.69) is 4.90 Å². The maximum absolute atomic E-state index is 8.22. The molecule has 0 N–H and O–H groups in total. The van der Waals surface area contributed by atoms with Crippen LogP contribution in [0.2, 0.25) is 0 Å². The summed E-state index contributed by atoms with van der Waals surface area (Å²) < 4.78 is 5.22. The fourth-order valence-corrected chi connectivity index (χ4v) is 1.12. The van der Waals surface area contributed by atoms with Crippen molar-refractivity contribution in [3.63, 3.8) is 0 Å². The lowest BCUT2D eigenvalue weighted by molar-refractivity contribution is 0.0594. The predicted octanol–water partition coefficient (Wildman–Crippen LogP) is 1.47. The molecule has 0 aromatic carbocycles. The van der Waals surface area contributed by atoms with Gasteiger partial charge in [-0.3, -0.25) is 0 Å². The minimum absolute atomic E-state index is 0.808. The second-order valence-electron chi connectivity index (χ2n) is 2.86. The molecule has 1 aliphatic heterocycles. The van der Waals surface area contributed by atoms with Gasteiger partial charge >= 0.3 is 0 Å². The third-order valence-electron chi connectivity index (χ3n) is 1.85. The highest BCUT2D eigenvalue weighted by molar-refractivity contribution is 5.15. The maximum Gasteiger partial charge on any atom is 0.0912 e. The number of ether oxygens (including phenoxy) is 1. The van der Waals surface area contributed by atoms with Gasteiger partial charge < -0.3 is 9.64 Å². The Morgan fingerprint density at radius 3 is 2.50 bits per heavy atom. The van der Waals surface area contributed by atoms with Gasteiger partial charge in [-0.25, -0.2) is 0 Å². The summed E-state index contributed by atoms with van der Waals surface area (Å²) in [6.45, 7) is 3.53. The Morgan fingerprint density at radius 1 is 1.07 bits per heavy atom. The van der Waals surface area contributed by atoms with Gasteiger partial charge in [0.25, 0.3) is 0 Å². The zero-order chi connectivity index (χ0) is 10.1. The molecule has 1 rings (SSSR count). The van der Waals surface area contributed by atoms with Crippen LogP contribution >= 0.6 is 0 Å². The Labute approximate surface area is 84.6 Å². The summed E-state index contributed by atoms with van der Waals surface area (Å²) in [6, 6.07) is 1.93. The molecule has 0 aromatic heterocycles. The molecule has 0 bridgehead atoms. The molecule has 0 radical (unpaired) electrons. The van der Waals surface area contributed by atoms with Crippen LogP contribution < -0.4 is 0 Å². The first-order valence-corrected chi connectivity index (χ1v) is 4.65. The van der Waals surface area contributed by atoms with Crippen molar-refractivity contribution in [2.24, 2.45) is 0 Å². The summed E-state index contributed by atoms with van der Waals surface area (Å²) in [7, 11) is 0. The average molecular weight is 190 g/mol. The zero-order valence-electron chi connectivity index (χ0n) is 8.10. The standard InChI is InChI=1S/C11H14N2O/c12-6-4-2-1-3-5-7-13-8-10-14-11-9-13/h1-5,7H,8-11H2/b3-1-,4-2-,7-5-. The summed E-state index contributed by atoms with van der Waals surface area (Å²) in [6.07, 6.45) is 10.9. The van der Waals surface area contributed by atoms with Crippen LogP contribution in [-0.4, -0.2) is 31.2 Å². The second kappa shape index (κ2) is 6.93. The Balaban J connectivity index is 2.22. The lowest BCUT2D eigenvalue weighted by Gasteiger charge is -2.24. The fourth-order valence-electron chi connectivity index (χ4n) is 1.12. The fraction of sp³-hybridized carbons (Fsp3) is 0.364. The topological polar surface area (TPSA) is 36.3 Å². The van der Waals surface area contributed by atoms with Gasteiger partial charge in [0.1, 0.15) is 0 Å². The van der Waals surface area contributed by atoms with Crippen molar-refractivity contribution >= 4 is 0 Å². The molecule has 1 heterocycles. The third kappa shape index (κ3) is 4.48. The summed E-state index contributed by atoms with van der Waals surface area (Å²) in [4.78, 5) is 2.21. The van der Waals surface area contributed by atoms with Crippen LogP contribution in [0.25, 0.3) is 0 Å². The Hall–Kier alpha value is -1.53. The molecule has 0 unspecified atom stereocenters. The molecule has 0 amide bonds. The molecule has 3 heteroatoms. The van der Waals surface area contributed by atoms with Crippen LogP contribution in [0.1, 0.15) is 0 Å². The molecule has 14 heavy (non-hydrogen) atoms. The van der Waals surface area contributed by atoms with Gasteiger partial charge in [-0.15, -0.1) is 0 Å². The smallest absolute Gasteiger partial charge is 0.0912 e. The number of nitrogens with zero attached hydrogens (tertiary/aromatic N) is 2. The van der Waals surface area contributed by atoms with Crippen LogP contribution in [0.3, 0.4) is 0 Å². The lowest BCUT2D eigenvalue weighted by Crippen LogP contribution is -2.31. The van der Waals surface area contributed by atoms with E-state index >= 15 is 0 Å². The largest absolute Gasteiger partial charge is 0.378 e. The van der Waals surface area contributed by atoms with Crippen LogP contribution in [0.5, 0.6) is 0 Å². The summed E-state index contributed by atoms with van der Waals surface area (Å²) in [5.74, 6) is 0. The first-order chi connectivity index (χ1) is 6.93. The van der Waals surface area contributed by atoms with E-state index in [0.29, 0.717) is 0 Å². The first-order valence-electron chi connectivity index (χ1n) is 4.65. The summed E-state index contributed by atoms with van der Waals surface area (Å²) >= 11 is 0. The molecule has 1 fully saturated rings. The first kappa shape index (κ1) is 10.6. The van der Waals surface area contributed by atoms with E-state index in [0.717, 1.165) is 26.3 Å². The number of allylic oxidation sites excluding steroid dienone is 5. The summed E-state index contributed by atoms with van der Waals surface area (Å²) in [5.41, 5.74) is 0. The van der Waals surface area contributed by atoms with Gasteiger partial charge in [-0.1, -0.05) is 18.2 Å². The summed E-state index contributed by atoms with van der Waals surface area (Å²) in [5, 5.41) is 8.22. The van der Waals surface area contributed by atoms with Gasteiger partial charge in [0, 0.05) is 19.2 Å². The van der Waals surface area contributed by atoms with Gasteiger partial charge in [-0.2, -0.15) is 5.26 Å². The molecule has 1 aliphatic rings. The molecule has 0 saturated carbocycles. The molecule has 3 nitrogen and oxygen atoms in total. The molecular formula is C11H14N2O. The average Bonchev–Trinajstić information content (AvgIpc) is 2.25. The molecular weight excluding hydrogens is 176 g/mol. The highest BCUT2D eigenvalue weighted by Crippen LogP contribution is 1.97. The van der Waals surface area contributed by atoms with Crippen molar-refractivity contribution in [3.8, 4) is 6.07 Å². The maximum atomic E-state index is 8.22. The van der Waals surface area contributed by atoms with Gasteiger partial charge in [-0.05, 0) is 12.3 Å². The Kier molecular flexibility index (Phi) is 5.22. The van der Waals surface area contributed by atoms with E-state index in [1.807, 2.05) is 30.5 Å². The molecule has 0 atom stereocenters. The van der Waals surface area contributed by atoms with Crippen LogP contribution in [0.15, 0.2) is 36.6 Å². The number of hydrogen-bond acceptors (Lipinski definition) is 3. The van der Waals surface area contributed by atoms with Crippen molar-refractivity contribution in [1.29, 1.82) is 5.26 Å². The van der Waals surface area contributed by atoms with Gasteiger partial charge in [0.15, 0.2) is 0 Å². The van der Waals surface area contributed by atoms with Crippen LogP contribution in [-0.2, 0) is 4.74 Å². The SMILES string of the molecule is N#C\C=C/C=C\C=C/N1CCOCC1. The van der Waals surface area contributed by atoms with E-state index in [9.17, 15) is 0 Å². The lowest BCUT2D eigenvalue weighted by atomic mass is 10.4. The third-order valence-corrected chi connectivity index (χ3v) is 1.85. The number of rotatable bonds is 3. The highest BCUT2D eigenvalue weighted by Gasteiger charge is 2.03. The minimum atomic E-state index is 0.808. The minimum Gasteiger partial charge on any atom is -0.378 e. The van der Waals surface area contributed by atoms with Crippen LogP contribution in [0, 0.1) is 11.3 Å². The van der Waals surface area contributed by atoms with E-state index in [-0.39, 0.29) is 0 Å². The van der Waals surface area contributed by atoms with Crippen molar-refractivity contribution in [2.75, 3.05) is 26.3 Å². The predicted molar refractivity (Wildman–Crippen MR) is 55.4 cm³/mol. The second-order valence-corrected chi connectivity index (χ2v) is 2.86. The van der Waals surface area contributed by atoms with Crippen molar-refractivity contribution < 1.29 is 4.74 Å². The zero-order valence-corrected chi connectivity index (χ0v) is 8.10. The number of nitriles is 1. The van der Waals surface area contributed by atoms with E-state index in [1.165, 1.54) is 6.08 Å². The number of morpholine rings is 1. The van der Waals surface area contributed by atoms with E-state index in [1.54, 1.807) is 6.08 Å². The van der Waals surface area contributed by atoms with Crippen molar-refractivity contribution in [2.45, 2.75) is 0 Å². The Bertz CT molecular complexity index is 268. The van der Waals surface area contributed by atoms with E-state index in [4.69, 9.17) is 10.00 Å². The van der Waals surface area contributed by atoms with Crippen molar-refractivity contribution in [3.05, 3.63) is 36.6 Å². The molecule has 0 aliphatic carbocycles. The molecule has 74 valence electrons. The molecule has 0 spiro atoms. The normalized spacial score (nSPS) is 18.4. The number of hydrogen-bond donors (Lipinski definition) is 0. The van der Waals surface area contributed by atoms with Gasteiger partial charge in [0.2, 0.25) is 0 Å². The highest BCUT2D eigenvalue weighted by atomic mass is 16.5. The molecule has 0 aromatic rings. The molecule has 1 saturated heterocycles. The van der Waals surface area contributed by atoms with E-state index < -0.39 is 0 Å². The van der Waals surface area contributed by atoms with Gasteiger partial charge in [0.05, 0.1) is 19.3 Å². The monoisotopic (exact) mass is 190 g/mol.